The summed E-state index contributed by atoms with van der Waals surface area (Å²) in [6.45, 7) is 3.13. The molecule has 0 radical (unpaired) electrons. The Morgan fingerprint density at radius 3 is 2.75 bits per heavy atom. The summed E-state index contributed by atoms with van der Waals surface area (Å²) >= 11 is 0. The van der Waals surface area contributed by atoms with Gasteiger partial charge in [0, 0.05) is 39.3 Å². The van der Waals surface area contributed by atoms with Crippen LogP contribution < -0.4 is 0 Å². The van der Waals surface area contributed by atoms with Crippen molar-refractivity contribution in [1.29, 1.82) is 0 Å². The number of likely N-dealkylation sites (tertiary alicyclic amines) is 1. The zero-order valence-electron chi connectivity index (χ0n) is 14.3. The van der Waals surface area contributed by atoms with Crippen LogP contribution in [0.5, 0.6) is 0 Å². The zero-order chi connectivity index (χ0) is 16.9. The van der Waals surface area contributed by atoms with E-state index < -0.39 is 0 Å². The highest BCUT2D eigenvalue weighted by atomic mass is 16.5. The Hall–Kier alpha value is -1.89. The fourth-order valence-electron chi connectivity index (χ4n) is 3.48. The molecule has 1 unspecified atom stereocenters. The lowest BCUT2D eigenvalue weighted by Crippen LogP contribution is -2.55. The molecule has 0 spiro atoms. The second kappa shape index (κ2) is 7.79. The molecule has 7 nitrogen and oxygen atoms in total. The molecule has 1 atom stereocenters. The first-order chi connectivity index (χ1) is 11.6. The van der Waals surface area contributed by atoms with Crippen molar-refractivity contribution in [2.24, 2.45) is 7.05 Å². The van der Waals surface area contributed by atoms with Gasteiger partial charge in [0.25, 0.3) is 0 Å². The third kappa shape index (κ3) is 3.95. The third-order valence-electron chi connectivity index (χ3n) is 4.82. The molecule has 0 aromatic carbocycles. The minimum atomic E-state index is -0.293. The first-order valence-corrected chi connectivity index (χ1v) is 8.78. The maximum atomic E-state index is 12.8. The van der Waals surface area contributed by atoms with Gasteiger partial charge in [-0.3, -0.25) is 14.3 Å². The first-order valence-electron chi connectivity index (χ1n) is 8.78. The number of piperidine rings is 1. The summed E-state index contributed by atoms with van der Waals surface area (Å²) in [7, 11) is 1.87. The number of morpholine rings is 1. The summed E-state index contributed by atoms with van der Waals surface area (Å²) in [6, 6.07) is -0.293. The first kappa shape index (κ1) is 17.0. The summed E-state index contributed by atoms with van der Waals surface area (Å²) < 4.78 is 7.06. The number of ether oxygens (including phenoxy) is 1. The molecule has 3 rings (SSSR count). The average Bonchev–Trinajstić information content (AvgIpc) is 3.05. The maximum absolute atomic E-state index is 12.8. The monoisotopic (exact) mass is 334 g/mol. The number of hydrogen-bond donors (Lipinski definition) is 0. The van der Waals surface area contributed by atoms with Crippen molar-refractivity contribution in [3.05, 3.63) is 18.0 Å². The van der Waals surface area contributed by atoms with E-state index in [4.69, 9.17) is 4.74 Å². The van der Waals surface area contributed by atoms with Crippen LogP contribution in [-0.2, 0) is 27.8 Å². The summed E-state index contributed by atoms with van der Waals surface area (Å²) in [6.07, 6.45) is 7.58. The molecule has 1 aromatic rings. The van der Waals surface area contributed by atoms with Crippen molar-refractivity contribution < 1.29 is 14.3 Å². The van der Waals surface area contributed by atoms with Crippen LogP contribution in [0, 0.1) is 0 Å². The maximum Gasteiger partial charge on any atom is 0.245 e. The lowest BCUT2D eigenvalue weighted by atomic mass is 9.99. The fourth-order valence-corrected chi connectivity index (χ4v) is 3.48. The quantitative estimate of drug-likeness (QED) is 0.808. The molecule has 2 aliphatic heterocycles. The average molecular weight is 334 g/mol. The molecule has 132 valence electrons. The minimum absolute atomic E-state index is 0.0742. The topological polar surface area (TPSA) is 67.7 Å². The van der Waals surface area contributed by atoms with Crippen LogP contribution in [0.1, 0.15) is 31.2 Å². The van der Waals surface area contributed by atoms with Gasteiger partial charge in [0.1, 0.15) is 6.04 Å². The van der Waals surface area contributed by atoms with Gasteiger partial charge >= 0.3 is 0 Å². The predicted octanol–water partition coefficient (Wildman–Crippen LogP) is 0.593. The Morgan fingerprint density at radius 2 is 2.04 bits per heavy atom. The molecule has 0 aliphatic carbocycles. The van der Waals surface area contributed by atoms with E-state index in [0.29, 0.717) is 45.7 Å². The molecule has 24 heavy (non-hydrogen) atoms. The van der Waals surface area contributed by atoms with Crippen LogP contribution >= 0.6 is 0 Å². The molecule has 1 aromatic heterocycles. The van der Waals surface area contributed by atoms with Gasteiger partial charge in [-0.25, -0.2) is 0 Å². The van der Waals surface area contributed by atoms with Gasteiger partial charge in [-0.1, -0.05) is 0 Å². The van der Waals surface area contributed by atoms with Gasteiger partial charge in [-0.2, -0.15) is 5.10 Å². The second-order valence-electron chi connectivity index (χ2n) is 6.56. The highest BCUT2D eigenvalue weighted by Gasteiger charge is 2.34. The molecule has 0 bridgehead atoms. The molecular weight excluding hydrogens is 308 g/mol. The minimum Gasteiger partial charge on any atom is -0.378 e. The van der Waals surface area contributed by atoms with Crippen LogP contribution in [0.2, 0.25) is 0 Å². The summed E-state index contributed by atoms with van der Waals surface area (Å²) in [5.41, 5.74) is 1.05. The summed E-state index contributed by atoms with van der Waals surface area (Å²) in [5.74, 6) is 0.165. The smallest absolute Gasteiger partial charge is 0.245 e. The van der Waals surface area contributed by atoms with Gasteiger partial charge in [0.15, 0.2) is 0 Å². The van der Waals surface area contributed by atoms with E-state index in [2.05, 4.69) is 5.10 Å². The molecule has 3 heterocycles. The van der Waals surface area contributed by atoms with Crippen LogP contribution in [0.3, 0.4) is 0 Å². The van der Waals surface area contributed by atoms with Crippen molar-refractivity contribution in [1.82, 2.24) is 19.6 Å². The normalized spacial score (nSPS) is 21.8. The highest BCUT2D eigenvalue weighted by Crippen LogP contribution is 2.21. The largest absolute Gasteiger partial charge is 0.378 e. The standard InChI is InChI=1S/C17H26N4O3/c1-19-13-14(12-18-19)5-6-16(22)21-7-3-2-4-15(21)17(23)20-8-10-24-11-9-20/h12-13,15H,2-11H2,1H3. The van der Waals surface area contributed by atoms with Crippen LogP contribution in [0.15, 0.2) is 12.4 Å². The Bertz CT molecular complexity index is 580. The van der Waals surface area contributed by atoms with Crippen molar-refractivity contribution in [2.45, 2.75) is 38.1 Å². The van der Waals surface area contributed by atoms with E-state index in [1.54, 1.807) is 15.8 Å². The number of amides is 2. The Labute approximate surface area is 142 Å². The van der Waals surface area contributed by atoms with Crippen molar-refractivity contribution >= 4 is 11.8 Å². The number of aryl methyl sites for hydroxylation is 2. The molecule has 7 heteroatoms. The van der Waals surface area contributed by atoms with Crippen LogP contribution in [0.25, 0.3) is 0 Å². The second-order valence-corrected chi connectivity index (χ2v) is 6.56. The van der Waals surface area contributed by atoms with Gasteiger partial charge in [0.05, 0.1) is 19.4 Å². The Balaban J connectivity index is 1.60. The van der Waals surface area contributed by atoms with Crippen molar-refractivity contribution in [2.75, 3.05) is 32.8 Å². The van der Waals surface area contributed by atoms with E-state index in [0.717, 1.165) is 24.8 Å². The predicted molar refractivity (Wildman–Crippen MR) is 88.3 cm³/mol. The Kier molecular flexibility index (Phi) is 5.50. The molecule has 0 saturated carbocycles. The van der Waals surface area contributed by atoms with E-state index in [9.17, 15) is 9.59 Å². The highest BCUT2D eigenvalue weighted by molar-refractivity contribution is 5.88. The van der Waals surface area contributed by atoms with Crippen molar-refractivity contribution in [3.8, 4) is 0 Å². The molecular formula is C17H26N4O3. The van der Waals surface area contributed by atoms with E-state index >= 15 is 0 Å². The number of nitrogens with zero attached hydrogens (tertiary/aromatic N) is 4. The molecule has 2 fully saturated rings. The summed E-state index contributed by atoms with van der Waals surface area (Å²) in [4.78, 5) is 29.1. The molecule has 2 amide bonds. The van der Waals surface area contributed by atoms with Crippen molar-refractivity contribution in [3.63, 3.8) is 0 Å². The lowest BCUT2D eigenvalue weighted by Gasteiger charge is -2.38. The number of carbonyl (C=O) groups is 2. The zero-order valence-corrected chi connectivity index (χ0v) is 14.3. The van der Waals surface area contributed by atoms with E-state index in [-0.39, 0.29) is 17.9 Å². The third-order valence-corrected chi connectivity index (χ3v) is 4.82. The number of carbonyl (C=O) groups excluding carboxylic acids is 2. The van der Waals surface area contributed by atoms with E-state index in [1.807, 2.05) is 18.1 Å². The molecule has 2 saturated heterocycles. The lowest BCUT2D eigenvalue weighted by molar-refractivity contribution is -0.150. The van der Waals surface area contributed by atoms with Gasteiger partial charge < -0.3 is 14.5 Å². The Morgan fingerprint density at radius 1 is 1.25 bits per heavy atom. The van der Waals surface area contributed by atoms with Gasteiger partial charge in [-0.15, -0.1) is 0 Å². The SMILES string of the molecule is Cn1cc(CCC(=O)N2CCCCC2C(=O)N2CCOCC2)cn1. The number of aromatic nitrogens is 2. The number of rotatable bonds is 4. The van der Waals surface area contributed by atoms with E-state index in [1.165, 1.54) is 0 Å². The number of hydrogen-bond acceptors (Lipinski definition) is 4. The molecule has 0 N–H and O–H groups in total. The van der Waals surface area contributed by atoms with Gasteiger partial charge in [-0.05, 0) is 31.2 Å². The molecule has 2 aliphatic rings. The van der Waals surface area contributed by atoms with Gasteiger partial charge in [0.2, 0.25) is 11.8 Å². The summed E-state index contributed by atoms with van der Waals surface area (Å²) in [5, 5.41) is 4.13. The van der Waals surface area contributed by atoms with Crippen LogP contribution in [0.4, 0.5) is 0 Å². The fraction of sp³-hybridized carbons (Fsp3) is 0.706. The van der Waals surface area contributed by atoms with Crippen LogP contribution in [-0.4, -0.2) is 70.3 Å².